The van der Waals surface area contributed by atoms with Crippen LogP contribution in [-0.2, 0) is 4.79 Å². The van der Waals surface area contributed by atoms with Crippen LogP contribution in [0.5, 0.6) is 0 Å². The Kier molecular flexibility index (Phi) is 4.53. The van der Waals surface area contributed by atoms with E-state index in [-0.39, 0.29) is 18.9 Å². The first-order valence-electron chi connectivity index (χ1n) is 1.83. The third-order valence-corrected chi connectivity index (χ3v) is 0.589. The van der Waals surface area contributed by atoms with E-state index < -0.39 is 17.7 Å². The second kappa shape index (κ2) is 3.69. The molecule has 0 fully saturated rings. The summed E-state index contributed by atoms with van der Waals surface area (Å²) in [5.41, 5.74) is -1.86. The SMILES string of the molecule is C=C(C(=O)[O-])C(F)(F)F.[Li+]. The van der Waals surface area contributed by atoms with E-state index >= 15 is 0 Å². The Morgan fingerprint density at radius 1 is 1.40 bits per heavy atom. The zero-order chi connectivity index (χ0) is 7.65. The van der Waals surface area contributed by atoms with Gasteiger partial charge in [-0.15, -0.1) is 0 Å². The molecule has 0 heterocycles. The van der Waals surface area contributed by atoms with Crippen LogP contribution >= 0.6 is 0 Å². The molecule has 0 radical (unpaired) electrons. The van der Waals surface area contributed by atoms with E-state index in [9.17, 15) is 23.1 Å². The standard InChI is InChI=1S/C4H3F3O2.Li/c1-2(3(8)9)4(5,6)7;/h1H2,(H,8,9);/q;+1/p-1. The quantitative estimate of drug-likeness (QED) is 0.289. The number of hydrogen-bond donors (Lipinski definition) is 0. The third kappa shape index (κ3) is 3.59. The molecule has 0 saturated heterocycles. The van der Waals surface area contributed by atoms with Gasteiger partial charge in [-0.3, -0.25) is 0 Å². The number of alkyl halides is 3. The third-order valence-electron chi connectivity index (χ3n) is 0.589. The summed E-state index contributed by atoms with van der Waals surface area (Å²) in [4.78, 5) is 9.42. The minimum atomic E-state index is -4.88. The Balaban J connectivity index is 0. The fraction of sp³-hybridized carbons (Fsp3) is 0.250. The van der Waals surface area contributed by atoms with Crippen molar-refractivity contribution in [3.8, 4) is 0 Å². The van der Waals surface area contributed by atoms with E-state index in [4.69, 9.17) is 0 Å². The number of halogens is 3. The van der Waals surface area contributed by atoms with Gasteiger partial charge in [-0.05, 0) is 0 Å². The topological polar surface area (TPSA) is 40.1 Å². The van der Waals surface area contributed by atoms with Crippen LogP contribution in [-0.4, -0.2) is 12.1 Å². The van der Waals surface area contributed by atoms with E-state index in [0.29, 0.717) is 0 Å². The van der Waals surface area contributed by atoms with Crippen molar-refractivity contribution in [3.05, 3.63) is 12.2 Å². The first-order chi connectivity index (χ1) is 3.85. The Morgan fingerprint density at radius 3 is 1.70 bits per heavy atom. The van der Waals surface area contributed by atoms with E-state index in [1.165, 1.54) is 0 Å². The van der Waals surface area contributed by atoms with Crippen molar-refractivity contribution in [3.63, 3.8) is 0 Å². The van der Waals surface area contributed by atoms with Gasteiger partial charge in [0.2, 0.25) is 0 Å². The van der Waals surface area contributed by atoms with Gasteiger partial charge < -0.3 is 9.90 Å². The number of aliphatic carboxylic acids is 1. The maximum Gasteiger partial charge on any atom is 1.00 e. The zero-order valence-corrected chi connectivity index (χ0v) is 5.16. The van der Waals surface area contributed by atoms with E-state index in [2.05, 4.69) is 6.58 Å². The van der Waals surface area contributed by atoms with Gasteiger partial charge in [0.1, 0.15) is 0 Å². The summed E-state index contributed by atoms with van der Waals surface area (Å²) < 4.78 is 33.5. The number of hydrogen-bond acceptors (Lipinski definition) is 2. The normalized spacial score (nSPS) is 9.90. The van der Waals surface area contributed by atoms with Crippen molar-refractivity contribution < 1.29 is 41.9 Å². The molecule has 0 bridgehead atoms. The molecule has 0 aliphatic carbocycles. The second-order valence-electron chi connectivity index (χ2n) is 1.26. The van der Waals surface area contributed by atoms with Gasteiger partial charge in [0.15, 0.2) is 0 Å². The Hall–Kier alpha value is -0.403. The molecule has 0 saturated carbocycles. The molecule has 0 unspecified atom stereocenters. The summed E-state index contributed by atoms with van der Waals surface area (Å²) in [6.07, 6.45) is -4.88. The summed E-state index contributed by atoms with van der Waals surface area (Å²) in [6, 6.07) is 0. The summed E-state index contributed by atoms with van der Waals surface area (Å²) in [5.74, 6) is -2.29. The molecule has 0 aliphatic heterocycles. The van der Waals surface area contributed by atoms with Gasteiger partial charge in [-0.1, -0.05) is 6.58 Å². The minimum Gasteiger partial charge on any atom is -0.545 e. The summed E-state index contributed by atoms with van der Waals surface area (Å²) in [5, 5.41) is 9.42. The Labute approximate surface area is 66.9 Å². The maximum atomic E-state index is 11.2. The molecule has 0 atom stereocenters. The molecule has 0 rings (SSSR count). The van der Waals surface area contributed by atoms with Crippen LogP contribution in [0.3, 0.4) is 0 Å². The molecule has 10 heavy (non-hydrogen) atoms. The molecular formula is C4H2F3LiO2. The number of carbonyl (C=O) groups is 1. The first kappa shape index (κ1) is 12.3. The molecular weight excluding hydrogens is 144 g/mol. The molecule has 6 heteroatoms. The monoisotopic (exact) mass is 146 g/mol. The summed E-state index contributed by atoms with van der Waals surface area (Å²) in [6.45, 7) is 2.24. The fourth-order valence-corrected chi connectivity index (χ4v) is 0.116. The molecule has 0 amide bonds. The van der Waals surface area contributed by atoms with Crippen LogP contribution in [0.2, 0.25) is 0 Å². The summed E-state index contributed by atoms with van der Waals surface area (Å²) >= 11 is 0. The zero-order valence-electron chi connectivity index (χ0n) is 5.16. The fourth-order valence-electron chi connectivity index (χ4n) is 0.116. The van der Waals surface area contributed by atoms with Gasteiger partial charge in [0.25, 0.3) is 0 Å². The maximum absolute atomic E-state index is 11.2. The molecule has 0 spiro atoms. The van der Waals surface area contributed by atoms with Crippen molar-refractivity contribution in [2.24, 2.45) is 0 Å². The minimum absolute atomic E-state index is 0. The molecule has 2 nitrogen and oxygen atoms in total. The average molecular weight is 146 g/mol. The van der Waals surface area contributed by atoms with E-state index in [1.54, 1.807) is 0 Å². The number of carbonyl (C=O) groups excluding carboxylic acids is 1. The predicted octanol–water partition coefficient (Wildman–Crippen LogP) is -3.14. The molecule has 0 aromatic rings. The molecule has 52 valence electrons. The Morgan fingerprint density at radius 2 is 1.70 bits per heavy atom. The van der Waals surface area contributed by atoms with Crippen LogP contribution in [0.4, 0.5) is 13.2 Å². The van der Waals surface area contributed by atoms with Crippen molar-refractivity contribution in [2.45, 2.75) is 6.18 Å². The predicted molar refractivity (Wildman–Crippen MR) is 20.2 cm³/mol. The van der Waals surface area contributed by atoms with Crippen LogP contribution < -0.4 is 24.0 Å². The van der Waals surface area contributed by atoms with Crippen LogP contribution in [0.15, 0.2) is 12.2 Å². The average Bonchev–Trinajstić information content (AvgIpc) is 1.62. The molecule has 0 aliphatic rings. The van der Waals surface area contributed by atoms with Crippen LogP contribution in [0.25, 0.3) is 0 Å². The van der Waals surface area contributed by atoms with Crippen molar-refractivity contribution in [1.82, 2.24) is 0 Å². The van der Waals surface area contributed by atoms with Crippen molar-refractivity contribution in [1.29, 1.82) is 0 Å². The van der Waals surface area contributed by atoms with Gasteiger partial charge in [0.05, 0.1) is 11.5 Å². The molecule has 0 N–H and O–H groups in total. The number of carboxylic acid groups (broad SMARTS) is 1. The molecule has 0 aromatic heterocycles. The van der Waals surface area contributed by atoms with Gasteiger partial charge in [0, 0.05) is 0 Å². The van der Waals surface area contributed by atoms with Crippen molar-refractivity contribution >= 4 is 5.97 Å². The first-order valence-corrected chi connectivity index (χ1v) is 1.83. The van der Waals surface area contributed by atoms with E-state index in [1.807, 2.05) is 0 Å². The number of carboxylic acids is 1. The van der Waals surface area contributed by atoms with E-state index in [0.717, 1.165) is 0 Å². The largest absolute Gasteiger partial charge is 1.00 e. The second-order valence-corrected chi connectivity index (χ2v) is 1.26. The van der Waals surface area contributed by atoms with Crippen molar-refractivity contribution in [2.75, 3.05) is 0 Å². The Bertz CT molecular complexity index is 151. The smallest absolute Gasteiger partial charge is 0.545 e. The van der Waals surface area contributed by atoms with Crippen LogP contribution in [0.1, 0.15) is 0 Å². The molecule has 0 aromatic carbocycles. The van der Waals surface area contributed by atoms with Gasteiger partial charge in [-0.25, -0.2) is 0 Å². The van der Waals surface area contributed by atoms with Crippen LogP contribution in [0, 0.1) is 0 Å². The van der Waals surface area contributed by atoms with Gasteiger partial charge in [-0.2, -0.15) is 13.2 Å². The number of rotatable bonds is 1. The van der Waals surface area contributed by atoms with Gasteiger partial charge >= 0.3 is 25.0 Å². The summed E-state index contributed by atoms with van der Waals surface area (Å²) in [7, 11) is 0.